The fraction of sp³-hybridized carbons (Fsp3) is 0.714. The molecule has 1 aliphatic rings. The van der Waals surface area contributed by atoms with Crippen LogP contribution in [-0.4, -0.2) is 53.0 Å². The minimum atomic E-state index is -4.36. The van der Waals surface area contributed by atoms with E-state index in [1.807, 2.05) is 0 Å². The van der Waals surface area contributed by atoms with Gasteiger partial charge in [0.2, 0.25) is 5.91 Å². The first-order valence-electron chi connectivity index (χ1n) is 7.56. The first kappa shape index (κ1) is 18.0. The van der Waals surface area contributed by atoms with Crippen molar-refractivity contribution >= 4 is 22.4 Å². The van der Waals surface area contributed by atoms with Crippen molar-refractivity contribution in [3.05, 3.63) is 11.1 Å². The fourth-order valence-corrected chi connectivity index (χ4v) is 3.56. The summed E-state index contributed by atoms with van der Waals surface area (Å²) in [4.78, 5) is 20.3. The predicted molar refractivity (Wildman–Crippen MR) is 82.8 cm³/mol. The van der Waals surface area contributed by atoms with Crippen molar-refractivity contribution in [3.8, 4) is 0 Å². The summed E-state index contributed by atoms with van der Waals surface area (Å²) in [5, 5.41) is 0.493. The normalized spacial score (nSPS) is 19.7. The third-order valence-electron chi connectivity index (χ3n) is 3.87. The third kappa shape index (κ3) is 5.35. The Balaban J connectivity index is 1.95. The molecule has 0 saturated carbocycles. The number of rotatable bonds is 5. The largest absolute Gasteiger partial charge is 0.406 e. The van der Waals surface area contributed by atoms with E-state index in [1.54, 1.807) is 13.1 Å². The third-order valence-corrected chi connectivity index (χ3v) is 4.68. The Kier molecular flexibility index (Phi) is 5.85. The number of nitrogen functional groups attached to an aromatic ring is 1. The average molecular weight is 350 g/mol. The van der Waals surface area contributed by atoms with E-state index >= 15 is 0 Å². The van der Waals surface area contributed by atoms with Crippen molar-refractivity contribution in [3.63, 3.8) is 0 Å². The van der Waals surface area contributed by atoms with Crippen LogP contribution >= 0.6 is 11.3 Å². The number of nitrogens with two attached hydrogens (primary N) is 1. The van der Waals surface area contributed by atoms with Gasteiger partial charge in [0.25, 0.3) is 0 Å². The maximum atomic E-state index is 12.6. The van der Waals surface area contributed by atoms with E-state index in [4.69, 9.17) is 5.73 Å². The topological polar surface area (TPSA) is 62.5 Å². The standard InChI is InChI=1S/C14H21F3N4OS/c1-2-21(9-14(15,16)17)12(22)10-4-3-5-20(7-10)8-11-6-19-13(18)23-11/h6,10H,2-5,7-9H2,1H3,(H2,18,19). The van der Waals surface area contributed by atoms with Crippen LogP contribution in [0.15, 0.2) is 6.20 Å². The van der Waals surface area contributed by atoms with Crippen molar-refractivity contribution in [2.24, 2.45) is 5.92 Å². The molecular weight excluding hydrogens is 329 g/mol. The minimum absolute atomic E-state index is 0.0697. The highest BCUT2D eigenvalue weighted by Gasteiger charge is 2.36. The Morgan fingerprint density at radius 2 is 2.30 bits per heavy atom. The van der Waals surface area contributed by atoms with Gasteiger partial charge in [-0.05, 0) is 26.3 Å². The minimum Gasteiger partial charge on any atom is -0.375 e. The summed E-state index contributed by atoms with van der Waals surface area (Å²) in [5.74, 6) is -0.783. The number of carbonyl (C=O) groups is 1. The molecule has 9 heteroatoms. The van der Waals surface area contributed by atoms with Gasteiger partial charge in [0, 0.05) is 30.7 Å². The first-order valence-corrected chi connectivity index (χ1v) is 8.38. The number of nitrogens with zero attached hydrogens (tertiary/aromatic N) is 3. The Morgan fingerprint density at radius 3 is 2.87 bits per heavy atom. The molecule has 0 bridgehead atoms. The van der Waals surface area contributed by atoms with Gasteiger partial charge in [0.15, 0.2) is 5.13 Å². The predicted octanol–water partition coefficient (Wildman–Crippen LogP) is 2.35. The summed E-state index contributed by atoms with van der Waals surface area (Å²) in [6.07, 6.45) is -1.23. The first-order chi connectivity index (χ1) is 10.8. The van der Waals surface area contributed by atoms with Gasteiger partial charge in [-0.3, -0.25) is 9.69 Å². The fourth-order valence-electron chi connectivity index (χ4n) is 2.84. The zero-order valence-corrected chi connectivity index (χ0v) is 13.8. The number of halogens is 3. The molecule has 2 N–H and O–H groups in total. The quantitative estimate of drug-likeness (QED) is 0.885. The molecule has 1 atom stereocenters. The van der Waals surface area contributed by atoms with Gasteiger partial charge >= 0.3 is 6.18 Å². The van der Waals surface area contributed by atoms with Crippen molar-refractivity contribution in [1.29, 1.82) is 0 Å². The Hall–Kier alpha value is -1.35. The van der Waals surface area contributed by atoms with Crippen LogP contribution in [0.4, 0.5) is 18.3 Å². The van der Waals surface area contributed by atoms with E-state index in [0.29, 0.717) is 24.6 Å². The van der Waals surface area contributed by atoms with Crippen LogP contribution in [0.3, 0.4) is 0 Å². The molecule has 1 aromatic rings. The van der Waals surface area contributed by atoms with Gasteiger partial charge in [-0.25, -0.2) is 4.98 Å². The van der Waals surface area contributed by atoms with Gasteiger partial charge in [-0.2, -0.15) is 13.2 Å². The lowest BCUT2D eigenvalue weighted by molar-refractivity contribution is -0.164. The smallest absolute Gasteiger partial charge is 0.375 e. The maximum absolute atomic E-state index is 12.6. The molecule has 23 heavy (non-hydrogen) atoms. The second-order valence-corrected chi connectivity index (χ2v) is 6.85. The van der Waals surface area contributed by atoms with E-state index in [-0.39, 0.29) is 12.5 Å². The molecule has 5 nitrogen and oxygen atoms in total. The molecule has 2 heterocycles. The Labute approximate surface area is 137 Å². The highest BCUT2D eigenvalue weighted by Crippen LogP contribution is 2.24. The lowest BCUT2D eigenvalue weighted by atomic mass is 9.96. The van der Waals surface area contributed by atoms with Crippen LogP contribution in [-0.2, 0) is 11.3 Å². The molecule has 1 unspecified atom stereocenters. The van der Waals surface area contributed by atoms with E-state index in [2.05, 4.69) is 9.88 Å². The second kappa shape index (κ2) is 7.48. The zero-order chi connectivity index (χ0) is 17.0. The number of anilines is 1. The van der Waals surface area contributed by atoms with E-state index in [1.165, 1.54) is 11.3 Å². The average Bonchev–Trinajstić information content (AvgIpc) is 2.88. The van der Waals surface area contributed by atoms with Crippen LogP contribution in [0, 0.1) is 5.92 Å². The zero-order valence-electron chi connectivity index (χ0n) is 13.0. The molecule has 1 saturated heterocycles. The molecule has 1 aliphatic heterocycles. The lowest BCUT2D eigenvalue weighted by Gasteiger charge is -2.34. The maximum Gasteiger partial charge on any atom is 0.406 e. The molecule has 0 spiro atoms. The monoisotopic (exact) mass is 350 g/mol. The highest BCUT2D eigenvalue weighted by atomic mass is 32.1. The van der Waals surface area contributed by atoms with Crippen molar-refractivity contribution < 1.29 is 18.0 Å². The van der Waals surface area contributed by atoms with E-state index in [0.717, 1.165) is 22.7 Å². The number of hydrogen-bond donors (Lipinski definition) is 1. The summed E-state index contributed by atoms with van der Waals surface area (Å²) in [6.45, 7) is 2.40. The lowest BCUT2D eigenvalue weighted by Crippen LogP contribution is -2.47. The van der Waals surface area contributed by atoms with Gasteiger partial charge in [0.1, 0.15) is 6.54 Å². The molecule has 2 rings (SSSR count). The van der Waals surface area contributed by atoms with Gasteiger partial charge < -0.3 is 10.6 Å². The van der Waals surface area contributed by atoms with Gasteiger partial charge in [-0.15, -0.1) is 11.3 Å². The SMILES string of the molecule is CCN(CC(F)(F)F)C(=O)C1CCCN(Cc2cnc(N)s2)C1. The highest BCUT2D eigenvalue weighted by molar-refractivity contribution is 7.15. The molecule has 0 radical (unpaired) electrons. The van der Waals surface area contributed by atoms with Crippen molar-refractivity contribution in [2.75, 3.05) is 31.9 Å². The van der Waals surface area contributed by atoms with E-state index < -0.39 is 18.6 Å². The molecule has 0 aromatic carbocycles. The summed E-state index contributed by atoms with van der Waals surface area (Å²) in [5.41, 5.74) is 5.60. The number of amides is 1. The summed E-state index contributed by atoms with van der Waals surface area (Å²) in [7, 11) is 0. The Morgan fingerprint density at radius 1 is 1.57 bits per heavy atom. The number of alkyl halides is 3. The van der Waals surface area contributed by atoms with Gasteiger partial charge in [0.05, 0.1) is 5.92 Å². The molecule has 1 amide bonds. The number of hydrogen-bond acceptors (Lipinski definition) is 5. The van der Waals surface area contributed by atoms with Crippen LogP contribution in [0.1, 0.15) is 24.6 Å². The summed E-state index contributed by atoms with van der Waals surface area (Å²) in [6, 6.07) is 0. The van der Waals surface area contributed by atoms with Crippen molar-refractivity contribution in [2.45, 2.75) is 32.5 Å². The molecule has 130 valence electrons. The molecule has 1 fully saturated rings. The van der Waals surface area contributed by atoms with Crippen LogP contribution in [0.5, 0.6) is 0 Å². The van der Waals surface area contributed by atoms with Crippen LogP contribution in [0.25, 0.3) is 0 Å². The number of aromatic nitrogens is 1. The molecule has 1 aromatic heterocycles. The van der Waals surface area contributed by atoms with Gasteiger partial charge in [-0.1, -0.05) is 0 Å². The van der Waals surface area contributed by atoms with Crippen LogP contribution < -0.4 is 5.73 Å². The van der Waals surface area contributed by atoms with E-state index in [9.17, 15) is 18.0 Å². The number of thiazole rings is 1. The summed E-state index contributed by atoms with van der Waals surface area (Å²) >= 11 is 1.39. The van der Waals surface area contributed by atoms with Crippen LogP contribution in [0.2, 0.25) is 0 Å². The molecule has 0 aliphatic carbocycles. The Bertz CT molecular complexity index is 534. The number of carbonyl (C=O) groups excluding carboxylic acids is 1. The summed E-state index contributed by atoms with van der Waals surface area (Å²) < 4.78 is 37.7. The van der Waals surface area contributed by atoms with Crippen molar-refractivity contribution in [1.82, 2.24) is 14.8 Å². The number of piperidine rings is 1. The number of likely N-dealkylation sites (tertiary alicyclic amines) is 1. The second-order valence-electron chi connectivity index (χ2n) is 5.71. The molecular formula is C14H21F3N4OS.